The first-order valence-electron chi connectivity index (χ1n) is 6.79. The van der Waals surface area contributed by atoms with Crippen LogP contribution < -0.4 is 0 Å². The molecule has 3 heterocycles. The molecule has 0 aromatic heterocycles. The highest BCUT2D eigenvalue weighted by atomic mass is 32.2. The number of hydrogen-bond acceptors (Lipinski definition) is 4. The summed E-state index contributed by atoms with van der Waals surface area (Å²) in [5.41, 5.74) is 0.371. The van der Waals surface area contributed by atoms with E-state index in [9.17, 15) is 5.11 Å². The van der Waals surface area contributed by atoms with E-state index in [0.29, 0.717) is 10.5 Å². The highest BCUT2D eigenvalue weighted by Crippen LogP contribution is 2.95. The molecule has 4 aliphatic rings. The number of hydrogen-bond donors (Lipinski definition) is 1. The van der Waals surface area contributed by atoms with Crippen LogP contribution in [0.1, 0.15) is 41.5 Å². The lowest BCUT2D eigenvalue weighted by Crippen LogP contribution is -2.58. The summed E-state index contributed by atoms with van der Waals surface area (Å²) in [7, 11) is 0. The number of aliphatic hydroxyl groups is 1. The average molecular weight is 303 g/mol. The minimum absolute atomic E-state index is 0.0998. The van der Waals surface area contributed by atoms with Gasteiger partial charge in [-0.2, -0.15) is 0 Å². The van der Waals surface area contributed by atoms with Gasteiger partial charge in [-0.3, -0.25) is 0 Å². The molecule has 0 bridgehead atoms. The second-order valence-electron chi connectivity index (χ2n) is 8.28. The Kier molecular flexibility index (Phi) is 1.99. The molecule has 3 saturated heterocycles. The van der Waals surface area contributed by atoms with Crippen molar-refractivity contribution in [2.45, 2.75) is 71.7 Å². The summed E-state index contributed by atoms with van der Waals surface area (Å²) in [4.78, 5) is -0.490. The molecular formula is C14H22OS3. The maximum Gasteiger partial charge on any atom is 0.143 e. The van der Waals surface area contributed by atoms with Gasteiger partial charge in [0.05, 0.1) is 9.49 Å². The standard InChI is InChI=1S/C14H22OS3/c1-10(2,3)12-9(17-12)7-8(16-7)13(11(4,5)6)14(12,15)18-13/h7-9,15H,1-6H3. The quantitative estimate of drug-likeness (QED) is 0.690. The molecule has 0 aromatic rings. The minimum Gasteiger partial charge on any atom is -0.376 e. The van der Waals surface area contributed by atoms with Crippen molar-refractivity contribution in [1.82, 2.24) is 0 Å². The van der Waals surface area contributed by atoms with Crippen molar-refractivity contribution in [2.24, 2.45) is 10.8 Å². The van der Waals surface area contributed by atoms with E-state index in [1.807, 2.05) is 11.8 Å². The zero-order valence-electron chi connectivity index (χ0n) is 11.9. The highest BCUT2D eigenvalue weighted by molar-refractivity contribution is 8.19. The molecule has 0 amide bonds. The highest BCUT2D eigenvalue weighted by Gasteiger charge is 2.98. The van der Waals surface area contributed by atoms with Crippen LogP contribution in [0.4, 0.5) is 0 Å². The lowest BCUT2D eigenvalue weighted by atomic mass is 9.61. The van der Waals surface area contributed by atoms with E-state index in [2.05, 4.69) is 65.1 Å². The normalized spacial score (nSPS) is 60.5. The van der Waals surface area contributed by atoms with E-state index in [1.54, 1.807) is 0 Å². The molecule has 6 atom stereocenters. The van der Waals surface area contributed by atoms with Crippen LogP contribution in [0, 0.1) is 10.8 Å². The maximum absolute atomic E-state index is 11.5. The molecule has 102 valence electrons. The Balaban J connectivity index is 1.86. The van der Waals surface area contributed by atoms with Gasteiger partial charge < -0.3 is 5.11 Å². The third kappa shape index (κ3) is 1.00. The molecule has 4 fully saturated rings. The van der Waals surface area contributed by atoms with Crippen LogP contribution in [0.15, 0.2) is 0 Å². The van der Waals surface area contributed by atoms with E-state index in [-0.39, 0.29) is 20.3 Å². The van der Waals surface area contributed by atoms with Crippen LogP contribution in [-0.4, -0.2) is 35.3 Å². The average Bonchev–Trinajstić information content (AvgIpc) is 2.98. The van der Waals surface area contributed by atoms with Crippen molar-refractivity contribution in [3.8, 4) is 0 Å². The second-order valence-corrected chi connectivity index (χ2v) is 12.4. The van der Waals surface area contributed by atoms with Crippen LogP contribution in [-0.2, 0) is 0 Å². The summed E-state index contributed by atoms with van der Waals surface area (Å²) >= 11 is 6.11. The molecule has 0 radical (unpaired) electrons. The first-order valence-corrected chi connectivity index (χ1v) is 9.43. The molecule has 0 aromatic carbocycles. The summed E-state index contributed by atoms with van der Waals surface area (Å²) < 4.78 is 0.200. The third-order valence-electron chi connectivity index (χ3n) is 5.38. The van der Waals surface area contributed by atoms with Gasteiger partial charge in [-0.25, -0.2) is 0 Å². The van der Waals surface area contributed by atoms with E-state index in [1.165, 1.54) is 0 Å². The van der Waals surface area contributed by atoms with Crippen LogP contribution in [0.25, 0.3) is 0 Å². The number of fused-ring (bicyclic) bond motifs is 6. The fourth-order valence-corrected chi connectivity index (χ4v) is 11.7. The summed E-state index contributed by atoms with van der Waals surface area (Å²) in [6.07, 6.45) is 0. The Morgan fingerprint density at radius 2 is 1.44 bits per heavy atom. The molecule has 1 saturated carbocycles. The maximum atomic E-state index is 11.5. The predicted molar refractivity (Wildman–Crippen MR) is 83.5 cm³/mol. The summed E-state index contributed by atoms with van der Waals surface area (Å²) in [6, 6.07) is 0. The summed E-state index contributed by atoms with van der Waals surface area (Å²) in [6.45, 7) is 13.9. The molecule has 4 rings (SSSR count). The minimum atomic E-state index is -0.490. The lowest BCUT2D eigenvalue weighted by molar-refractivity contribution is 0.0176. The van der Waals surface area contributed by atoms with Gasteiger partial charge in [-0.15, -0.1) is 35.3 Å². The number of rotatable bonds is 0. The predicted octanol–water partition coefficient (Wildman–Crippen LogP) is 3.60. The van der Waals surface area contributed by atoms with Crippen molar-refractivity contribution in [3.05, 3.63) is 0 Å². The van der Waals surface area contributed by atoms with E-state index in [4.69, 9.17) is 0 Å². The Labute approximate surface area is 123 Å². The van der Waals surface area contributed by atoms with Crippen LogP contribution in [0.3, 0.4) is 0 Å². The van der Waals surface area contributed by atoms with Gasteiger partial charge in [0.15, 0.2) is 0 Å². The largest absolute Gasteiger partial charge is 0.376 e. The summed E-state index contributed by atoms with van der Waals surface area (Å²) in [5.74, 6) is 0. The van der Waals surface area contributed by atoms with Gasteiger partial charge in [-0.05, 0) is 10.8 Å². The Morgan fingerprint density at radius 3 is 1.94 bits per heavy atom. The molecule has 1 aliphatic carbocycles. The Hall–Kier alpha value is 1.01. The van der Waals surface area contributed by atoms with Crippen molar-refractivity contribution in [2.75, 3.05) is 0 Å². The van der Waals surface area contributed by atoms with Crippen LogP contribution in [0.5, 0.6) is 0 Å². The molecule has 6 unspecified atom stereocenters. The fraction of sp³-hybridized carbons (Fsp3) is 1.00. The van der Waals surface area contributed by atoms with Crippen molar-refractivity contribution in [1.29, 1.82) is 0 Å². The zero-order valence-corrected chi connectivity index (χ0v) is 14.4. The molecule has 4 heteroatoms. The first kappa shape index (κ1) is 12.7. The van der Waals surface area contributed by atoms with Crippen LogP contribution in [0.2, 0.25) is 0 Å². The topological polar surface area (TPSA) is 20.2 Å². The third-order valence-corrected chi connectivity index (χ3v) is 11.7. The molecule has 3 aliphatic heterocycles. The van der Waals surface area contributed by atoms with E-state index >= 15 is 0 Å². The van der Waals surface area contributed by atoms with Crippen molar-refractivity contribution >= 4 is 35.3 Å². The monoisotopic (exact) mass is 302 g/mol. The fourth-order valence-electron chi connectivity index (χ4n) is 4.43. The van der Waals surface area contributed by atoms with Gasteiger partial charge in [-0.1, -0.05) is 41.5 Å². The zero-order chi connectivity index (χ0) is 13.4. The van der Waals surface area contributed by atoms with E-state index < -0.39 is 4.93 Å². The smallest absolute Gasteiger partial charge is 0.143 e. The van der Waals surface area contributed by atoms with Crippen LogP contribution >= 0.6 is 35.3 Å². The molecule has 18 heavy (non-hydrogen) atoms. The Bertz CT molecular complexity index is 425. The molecule has 0 spiro atoms. The number of thioether (sulfide) groups is 3. The van der Waals surface area contributed by atoms with Crippen molar-refractivity contribution in [3.63, 3.8) is 0 Å². The van der Waals surface area contributed by atoms with Gasteiger partial charge in [0.1, 0.15) is 4.93 Å². The lowest BCUT2D eigenvalue weighted by Gasteiger charge is -2.42. The SMILES string of the molecule is CC(C)(C)C12SC1C1SC1C1(C(C)(C)C)SC21O. The van der Waals surface area contributed by atoms with Gasteiger partial charge in [0, 0.05) is 15.7 Å². The van der Waals surface area contributed by atoms with E-state index in [0.717, 1.165) is 5.25 Å². The molecule has 1 N–H and O–H groups in total. The molecule has 1 nitrogen and oxygen atoms in total. The summed E-state index contributed by atoms with van der Waals surface area (Å²) in [5, 5.41) is 13.7. The molecular weight excluding hydrogens is 280 g/mol. The first-order chi connectivity index (χ1) is 8.03. The van der Waals surface area contributed by atoms with Gasteiger partial charge in [0.2, 0.25) is 0 Å². The Morgan fingerprint density at radius 1 is 0.889 bits per heavy atom. The van der Waals surface area contributed by atoms with Gasteiger partial charge >= 0.3 is 0 Å². The second kappa shape index (κ2) is 2.82. The van der Waals surface area contributed by atoms with Crippen molar-refractivity contribution < 1.29 is 5.11 Å². The van der Waals surface area contributed by atoms with Gasteiger partial charge in [0.25, 0.3) is 0 Å².